The van der Waals surface area contributed by atoms with Gasteiger partial charge in [0.05, 0.1) is 22.5 Å². The average Bonchev–Trinajstić information content (AvgIpc) is 2.67. The molecule has 1 aliphatic rings. The summed E-state index contributed by atoms with van der Waals surface area (Å²) >= 11 is 6.30. The van der Waals surface area contributed by atoms with Crippen LogP contribution in [0.1, 0.15) is 31.2 Å². The third-order valence-corrected chi connectivity index (χ3v) is 4.22. The minimum Gasteiger partial charge on any atom is -0.392 e. The number of aromatic nitrogens is 2. The van der Waals surface area contributed by atoms with Gasteiger partial charge in [-0.15, -0.1) is 0 Å². The van der Waals surface area contributed by atoms with Crippen LogP contribution in [0.3, 0.4) is 0 Å². The Morgan fingerprint density at radius 3 is 2.94 bits per heavy atom. The standard InChI is InChI=1S/C13H22ClN3O/c1-3-10-13(14)11(17(2)16-10)7-12(18)9-5-4-6-15-8-9/h9,12,15,18H,3-8H2,1-2H3. The zero-order valence-electron chi connectivity index (χ0n) is 11.1. The second-order valence-corrected chi connectivity index (χ2v) is 5.44. The number of piperidine rings is 1. The number of aliphatic hydroxyl groups excluding tert-OH is 1. The van der Waals surface area contributed by atoms with E-state index >= 15 is 0 Å². The molecular formula is C13H22ClN3O. The van der Waals surface area contributed by atoms with E-state index in [0.29, 0.717) is 12.3 Å². The van der Waals surface area contributed by atoms with E-state index in [1.165, 1.54) is 0 Å². The maximum absolute atomic E-state index is 10.3. The van der Waals surface area contributed by atoms with Gasteiger partial charge in [-0.3, -0.25) is 4.68 Å². The van der Waals surface area contributed by atoms with E-state index in [2.05, 4.69) is 10.4 Å². The van der Waals surface area contributed by atoms with Gasteiger partial charge in [0.15, 0.2) is 0 Å². The largest absolute Gasteiger partial charge is 0.392 e. The number of nitrogens with zero attached hydrogens (tertiary/aromatic N) is 2. The van der Waals surface area contributed by atoms with Crippen molar-refractivity contribution in [1.29, 1.82) is 0 Å². The molecule has 1 aromatic heterocycles. The fraction of sp³-hybridized carbons (Fsp3) is 0.769. The highest BCUT2D eigenvalue weighted by molar-refractivity contribution is 6.31. The van der Waals surface area contributed by atoms with Crippen LogP contribution in [0.25, 0.3) is 0 Å². The third kappa shape index (κ3) is 2.87. The molecule has 5 heteroatoms. The normalized spacial score (nSPS) is 22.1. The van der Waals surface area contributed by atoms with Gasteiger partial charge < -0.3 is 10.4 Å². The van der Waals surface area contributed by atoms with Gasteiger partial charge in [-0.1, -0.05) is 18.5 Å². The van der Waals surface area contributed by atoms with Gasteiger partial charge in [0.25, 0.3) is 0 Å². The lowest BCUT2D eigenvalue weighted by Crippen LogP contribution is -2.37. The zero-order valence-corrected chi connectivity index (χ0v) is 11.9. The predicted octanol–water partition coefficient (Wildman–Crippen LogP) is 1.54. The van der Waals surface area contributed by atoms with Gasteiger partial charge in [-0.25, -0.2) is 0 Å². The van der Waals surface area contributed by atoms with Crippen LogP contribution in [0.15, 0.2) is 0 Å². The Morgan fingerprint density at radius 2 is 2.39 bits per heavy atom. The van der Waals surface area contributed by atoms with Gasteiger partial charge >= 0.3 is 0 Å². The van der Waals surface area contributed by atoms with E-state index in [-0.39, 0.29) is 6.10 Å². The van der Waals surface area contributed by atoms with Crippen LogP contribution in [-0.4, -0.2) is 34.1 Å². The molecule has 0 spiro atoms. The van der Waals surface area contributed by atoms with Gasteiger partial charge in [-0.2, -0.15) is 5.10 Å². The molecule has 2 unspecified atom stereocenters. The molecule has 2 heterocycles. The van der Waals surface area contributed by atoms with Gasteiger partial charge in [0, 0.05) is 20.0 Å². The molecule has 0 bridgehead atoms. The van der Waals surface area contributed by atoms with Crippen LogP contribution in [0.2, 0.25) is 5.02 Å². The quantitative estimate of drug-likeness (QED) is 0.873. The summed E-state index contributed by atoms with van der Waals surface area (Å²) in [5, 5.41) is 18.8. The van der Waals surface area contributed by atoms with E-state index in [1.54, 1.807) is 4.68 Å². The summed E-state index contributed by atoms with van der Waals surface area (Å²) in [4.78, 5) is 0. The van der Waals surface area contributed by atoms with E-state index < -0.39 is 0 Å². The molecule has 2 N–H and O–H groups in total. The summed E-state index contributed by atoms with van der Waals surface area (Å²) in [7, 11) is 1.90. The first kappa shape index (κ1) is 13.8. The van der Waals surface area contributed by atoms with Crippen LogP contribution in [0.4, 0.5) is 0 Å². The first-order valence-electron chi connectivity index (χ1n) is 6.72. The van der Waals surface area contributed by atoms with Gasteiger partial charge in [0.1, 0.15) is 0 Å². The SMILES string of the molecule is CCc1nn(C)c(CC(O)C2CCCNC2)c1Cl. The van der Waals surface area contributed by atoms with Crippen LogP contribution in [0, 0.1) is 5.92 Å². The molecule has 4 nitrogen and oxygen atoms in total. The highest BCUT2D eigenvalue weighted by Gasteiger charge is 2.24. The Balaban J connectivity index is 2.06. The molecule has 0 radical (unpaired) electrons. The van der Waals surface area contributed by atoms with E-state index in [1.807, 2.05) is 14.0 Å². The number of rotatable bonds is 4. The Bertz CT molecular complexity index is 399. The van der Waals surface area contributed by atoms with Crippen molar-refractivity contribution in [3.63, 3.8) is 0 Å². The molecule has 102 valence electrons. The highest BCUT2D eigenvalue weighted by Crippen LogP contribution is 2.25. The number of hydrogen-bond donors (Lipinski definition) is 2. The fourth-order valence-electron chi connectivity index (χ4n) is 2.61. The summed E-state index contributed by atoms with van der Waals surface area (Å²) in [5.41, 5.74) is 1.87. The van der Waals surface area contributed by atoms with Crippen LogP contribution in [0.5, 0.6) is 0 Å². The Labute approximate surface area is 113 Å². The predicted molar refractivity (Wildman–Crippen MR) is 72.9 cm³/mol. The highest BCUT2D eigenvalue weighted by atomic mass is 35.5. The molecule has 1 fully saturated rings. The van der Waals surface area contributed by atoms with Crippen molar-refractivity contribution in [3.05, 3.63) is 16.4 Å². The molecule has 1 aromatic rings. The summed E-state index contributed by atoms with van der Waals surface area (Å²) in [6, 6.07) is 0. The molecule has 0 aromatic carbocycles. The lowest BCUT2D eigenvalue weighted by molar-refractivity contribution is 0.0905. The molecule has 1 aliphatic heterocycles. The smallest absolute Gasteiger partial charge is 0.0850 e. The Morgan fingerprint density at radius 1 is 1.61 bits per heavy atom. The van der Waals surface area contributed by atoms with Crippen molar-refractivity contribution >= 4 is 11.6 Å². The first-order valence-corrected chi connectivity index (χ1v) is 7.10. The minimum absolute atomic E-state index is 0.329. The van der Waals surface area contributed by atoms with Crippen LogP contribution in [-0.2, 0) is 19.9 Å². The number of nitrogens with one attached hydrogen (secondary N) is 1. The van der Waals surface area contributed by atoms with Crippen LogP contribution >= 0.6 is 11.6 Å². The average molecular weight is 272 g/mol. The number of aliphatic hydroxyl groups is 1. The topological polar surface area (TPSA) is 50.1 Å². The van der Waals surface area contributed by atoms with E-state index in [0.717, 1.165) is 48.8 Å². The lowest BCUT2D eigenvalue weighted by Gasteiger charge is -2.27. The Hall–Kier alpha value is -0.580. The summed E-state index contributed by atoms with van der Waals surface area (Å²) in [5.74, 6) is 0.329. The molecule has 0 aliphatic carbocycles. The first-order chi connectivity index (χ1) is 8.63. The molecule has 1 saturated heterocycles. The number of aryl methyl sites for hydroxylation is 2. The lowest BCUT2D eigenvalue weighted by atomic mass is 9.91. The number of halogens is 1. The maximum Gasteiger partial charge on any atom is 0.0850 e. The Kier molecular flexibility index (Phi) is 4.65. The summed E-state index contributed by atoms with van der Waals surface area (Å²) < 4.78 is 1.81. The number of hydrogen-bond acceptors (Lipinski definition) is 3. The second kappa shape index (κ2) is 6.04. The van der Waals surface area contributed by atoms with Crippen molar-refractivity contribution in [2.45, 2.75) is 38.7 Å². The zero-order chi connectivity index (χ0) is 13.1. The van der Waals surface area contributed by atoms with Crippen molar-refractivity contribution in [2.24, 2.45) is 13.0 Å². The molecule has 2 rings (SSSR count). The molecule has 0 amide bonds. The van der Waals surface area contributed by atoms with E-state index in [4.69, 9.17) is 11.6 Å². The second-order valence-electron chi connectivity index (χ2n) is 5.06. The van der Waals surface area contributed by atoms with E-state index in [9.17, 15) is 5.11 Å². The molecule has 0 saturated carbocycles. The molecular weight excluding hydrogens is 250 g/mol. The monoisotopic (exact) mass is 271 g/mol. The third-order valence-electron chi connectivity index (χ3n) is 3.78. The van der Waals surface area contributed by atoms with Crippen molar-refractivity contribution < 1.29 is 5.11 Å². The minimum atomic E-state index is -0.338. The molecule has 18 heavy (non-hydrogen) atoms. The summed E-state index contributed by atoms with van der Waals surface area (Å²) in [6.45, 7) is 4.01. The maximum atomic E-state index is 10.3. The summed E-state index contributed by atoms with van der Waals surface area (Å²) in [6.07, 6.45) is 3.31. The van der Waals surface area contributed by atoms with Crippen LogP contribution < -0.4 is 5.32 Å². The fourth-order valence-corrected chi connectivity index (χ4v) is 2.98. The molecule has 2 atom stereocenters. The van der Waals surface area contributed by atoms with Crippen molar-refractivity contribution in [1.82, 2.24) is 15.1 Å². The van der Waals surface area contributed by atoms with Crippen molar-refractivity contribution in [3.8, 4) is 0 Å². The van der Waals surface area contributed by atoms with Gasteiger partial charge in [0.2, 0.25) is 0 Å². The van der Waals surface area contributed by atoms with Gasteiger partial charge in [-0.05, 0) is 31.7 Å². The van der Waals surface area contributed by atoms with Crippen molar-refractivity contribution in [2.75, 3.05) is 13.1 Å².